The Balaban J connectivity index is 0.000000195. The molecule has 14 heteroatoms. The van der Waals surface area contributed by atoms with Gasteiger partial charge in [0.1, 0.15) is 0 Å². The topological polar surface area (TPSA) is 120 Å². The molecule has 482 valence electrons. The number of carbonyl (C=O) groups is 1. The van der Waals surface area contributed by atoms with Crippen LogP contribution in [0.25, 0.3) is 113 Å². The Hall–Kier alpha value is -10.6. The number of rotatable bonds is 11. The van der Waals surface area contributed by atoms with E-state index in [-0.39, 0.29) is 33.0 Å². The summed E-state index contributed by atoms with van der Waals surface area (Å²) in [5.41, 5.74) is 14.6. The normalized spacial score (nSPS) is 11.9. The van der Waals surface area contributed by atoms with E-state index in [0.717, 1.165) is 50.2 Å². The van der Waals surface area contributed by atoms with Crippen LogP contribution in [0.1, 0.15) is 123 Å². The first kappa shape index (κ1) is 66.8. The Labute approximate surface area is 557 Å². The van der Waals surface area contributed by atoms with Gasteiger partial charge in [0.15, 0.2) is 64.0 Å². The SMILES string of the molecule is CC(=O)c1ccc(-c2ccc(-c3ccc(-c4nc(-c5ccc(C(C)(C)C)cc5)nc(-c5ccc(C(C)(C)C)cc5)n4)cn3)cc2)cc1.CC(C)(C)c1ccc(-c2nc(-c3ccc(C(C)(C)C)cc3)nc(-c3ccc(-c4ccc(-c5c(F)c(F)c(F)c(F)c5F)cc4)nc3)n2)cc1. The summed E-state index contributed by atoms with van der Waals surface area (Å²) in [7, 11) is 0. The molecule has 4 aromatic heterocycles. The second kappa shape index (κ2) is 26.7. The fraction of sp³-hybridized carbons (Fsp3) is 0.207. The zero-order chi connectivity index (χ0) is 68.6. The van der Waals surface area contributed by atoms with Crippen molar-refractivity contribution in [3.8, 4) is 113 Å². The molecule has 96 heavy (non-hydrogen) atoms. The van der Waals surface area contributed by atoms with Gasteiger partial charge in [-0.05, 0) is 91.8 Å². The molecule has 9 nitrogen and oxygen atoms in total. The third kappa shape index (κ3) is 14.8. The van der Waals surface area contributed by atoms with Gasteiger partial charge in [-0.3, -0.25) is 14.8 Å². The number of aromatic nitrogens is 8. The van der Waals surface area contributed by atoms with Crippen molar-refractivity contribution in [2.75, 3.05) is 0 Å². The van der Waals surface area contributed by atoms with Gasteiger partial charge in [-0.25, -0.2) is 51.9 Å². The molecule has 0 saturated heterocycles. The molecule has 0 aliphatic heterocycles. The summed E-state index contributed by atoms with van der Waals surface area (Å²) in [4.78, 5) is 50.3. The van der Waals surface area contributed by atoms with Gasteiger partial charge in [0, 0.05) is 62.5 Å². The largest absolute Gasteiger partial charge is 0.295 e. The smallest absolute Gasteiger partial charge is 0.200 e. The molecule has 12 rings (SSSR count). The molecule has 0 unspecified atom stereocenters. The van der Waals surface area contributed by atoms with Gasteiger partial charge in [-0.15, -0.1) is 0 Å². The Morgan fingerprint density at radius 1 is 0.260 bits per heavy atom. The van der Waals surface area contributed by atoms with Gasteiger partial charge in [-0.1, -0.05) is 253 Å². The number of benzene rings is 8. The minimum Gasteiger partial charge on any atom is -0.295 e. The molecule has 0 fully saturated rings. The van der Waals surface area contributed by atoms with Crippen molar-refractivity contribution in [1.29, 1.82) is 0 Å². The van der Waals surface area contributed by atoms with Crippen molar-refractivity contribution in [2.24, 2.45) is 0 Å². The molecule has 0 N–H and O–H groups in total. The number of Topliss-reactive ketones (excluding diaryl/α,β-unsaturated/α-hetero) is 1. The van der Waals surface area contributed by atoms with Gasteiger partial charge in [0.05, 0.1) is 17.0 Å². The standard InChI is InChI=1S/C42H40N4O.C40H33F5N4/c1-27(47)28-8-10-29(11-9-28)30-12-14-31(15-13-30)37-25-20-34(26-43-37)40-45-38(32-16-21-35(22-17-32)41(2,3)4)44-39(46-40)33-18-23-36(24-19-33)42(5,6)7;1-39(2,3)27-16-11-24(12-17-27)36-47-37(25-13-18-28(19-14-25)40(4,5)6)49-38(48-36)26-15-20-29(46-21-26)22-7-9-23(10-8-22)30-31(41)33(43)35(45)34(44)32(30)42/h8-26H,1-7H3;7-21H,1-6H3. The van der Waals surface area contributed by atoms with E-state index in [2.05, 4.69) is 185 Å². The number of ketones is 1. The summed E-state index contributed by atoms with van der Waals surface area (Å²) >= 11 is 0. The Bertz CT molecular complexity index is 4600. The molecule has 0 radical (unpaired) electrons. The minimum absolute atomic E-state index is 0.0142. The number of hydrogen-bond donors (Lipinski definition) is 0. The Morgan fingerprint density at radius 3 is 0.729 bits per heavy atom. The highest BCUT2D eigenvalue weighted by molar-refractivity contribution is 5.94. The highest BCUT2D eigenvalue weighted by Crippen LogP contribution is 2.36. The molecular formula is C82H73F5N8O. The van der Waals surface area contributed by atoms with E-state index >= 15 is 0 Å². The van der Waals surface area contributed by atoms with Crippen LogP contribution >= 0.6 is 0 Å². The number of halogens is 5. The lowest BCUT2D eigenvalue weighted by Gasteiger charge is -2.19. The van der Waals surface area contributed by atoms with E-state index in [1.165, 1.54) is 46.5 Å². The molecule has 12 aromatic rings. The van der Waals surface area contributed by atoms with Gasteiger partial charge in [0.25, 0.3) is 0 Å². The van der Waals surface area contributed by atoms with Crippen LogP contribution < -0.4 is 0 Å². The van der Waals surface area contributed by atoms with E-state index in [9.17, 15) is 26.7 Å². The molecule has 0 atom stereocenters. The lowest BCUT2D eigenvalue weighted by molar-refractivity contribution is 0.101. The van der Waals surface area contributed by atoms with Crippen LogP contribution in [-0.4, -0.2) is 45.7 Å². The predicted octanol–water partition coefficient (Wildman–Crippen LogP) is 21.3. The Morgan fingerprint density at radius 2 is 0.479 bits per heavy atom. The zero-order valence-electron chi connectivity index (χ0n) is 56.0. The van der Waals surface area contributed by atoms with Crippen molar-refractivity contribution in [2.45, 2.75) is 112 Å². The maximum atomic E-state index is 14.4. The van der Waals surface area contributed by atoms with Gasteiger partial charge in [0.2, 0.25) is 5.82 Å². The molecule has 8 aromatic carbocycles. The predicted molar refractivity (Wildman–Crippen MR) is 374 cm³/mol. The first-order valence-corrected chi connectivity index (χ1v) is 31.7. The number of nitrogens with zero attached hydrogens (tertiary/aromatic N) is 8. The third-order valence-corrected chi connectivity index (χ3v) is 16.8. The first-order chi connectivity index (χ1) is 45.5. The van der Waals surface area contributed by atoms with Crippen LogP contribution in [0.4, 0.5) is 22.0 Å². The van der Waals surface area contributed by atoms with Gasteiger partial charge >= 0.3 is 0 Å². The fourth-order valence-electron chi connectivity index (χ4n) is 10.8. The van der Waals surface area contributed by atoms with Crippen molar-refractivity contribution in [3.05, 3.63) is 263 Å². The first-order valence-electron chi connectivity index (χ1n) is 31.7. The second-order valence-corrected chi connectivity index (χ2v) is 28.0. The summed E-state index contributed by atoms with van der Waals surface area (Å²) in [5, 5.41) is 0. The van der Waals surface area contributed by atoms with Crippen molar-refractivity contribution < 1.29 is 26.7 Å². The maximum absolute atomic E-state index is 14.4. The molecule has 0 amide bonds. The molecular weight excluding hydrogens is 1210 g/mol. The highest BCUT2D eigenvalue weighted by atomic mass is 19.2. The molecule has 4 heterocycles. The van der Waals surface area contributed by atoms with E-state index < -0.39 is 34.6 Å². The van der Waals surface area contributed by atoms with E-state index in [1.54, 1.807) is 25.3 Å². The fourth-order valence-corrected chi connectivity index (χ4v) is 10.8. The minimum atomic E-state index is -2.20. The quantitative estimate of drug-likeness (QED) is 0.0539. The summed E-state index contributed by atoms with van der Waals surface area (Å²) < 4.78 is 69.8. The zero-order valence-corrected chi connectivity index (χ0v) is 56.0. The molecule has 0 aliphatic carbocycles. The molecule has 0 bridgehead atoms. The molecule has 0 aliphatic rings. The van der Waals surface area contributed by atoms with Crippen LogP contribution in [0.15, 0.2) is 207 Å². The van der Waals surface area contributed by atoms with E-state index in [0.29, 0.717) is 57.3 Å². The van der Waals surface area contributed by atoms with Crippen molar-refractivity contribution in [3.63, 3.8) is 0 Å². The molecule has 0 spiro atoms. The van der Waals surface area contributed by atoms with Crippen LogP contribution in [0.2, 0.25) is 0 Å². The lowest BCUT2D eigenvalue weighted by Crippen LogP contribution is -2.11. The number of carbonyl (C=O) groups excluding carboxylic acids is 1. The van der Waals surface area contributed by atoms with Crippen LogP contribution in [0, 0.1) is 29.1 Å². The van der Waals surface area contributed by atoms with Gasteiger partial charge < -0.3 is 0 Å². The number of hydrogen-bond acceptors (Lipinski definition) is 9. The van der Waals surface area contributed by atoms with Crippen molar-refractivity contribution >= 4 is 5.78 Å². The van der Waals surface area contributed by atoms with Crippen LogP contribution in [0.3, 0.4) is 0 Å². The second-order valence-electron chi connectivity index (χ2n) is 28.0. The summed E-state index contributed by atoms with van der Waals surface area (Å²) in [6.07, 6.45) is 3.44. The van der Waals surface area contributed by atoms with Crippen molar-refractivity contribution in [1.82, 2.24) is 39.9 Å². The van der Waals surface area contributed by atoms with Gasteiger partial charge in [-0.2, -0.15) is 0 Å². The molecule has 0 saturated carbocycles. The van der Waals surface area contributed by atoms with E-state index in [4.69, 9.17) is 34.9 Å². The van der Waals surface area contributed by atoms with E-state index in [1.807, 2.05) is 66.9 Å². The summed E-state index contributed by atoms with van der Waals surface area (Å²) in [6, 6.07) is 62.4. The Kier molecular flexibility index (Phi) is 18.6. The van der Waals surface area contributed by atoms with Crippen LogP contribution in [-0.2, 0) is 21.7 Å². The average Bonchev–Trinajstić information content (AvgIpc) is 0.793. The number of pyridine rings is 2. The summed E-state index contributed by atoms with van der Waals surface area (Å²) in [6.45, 7) is 27.8. The van der Waals surface area contributed by atoms with Crippen LogP contribution in [0.5, 0.6) is 0 Å². The lowest BCUT2D eigenvalue weighted by atomic mass is 9.86. The highest BCUT2D eigenvalue weighted by Gasteiger charge is 2.27. The third-order valence-electron chi connectivity index (χ3n) is 16.8. The summed E-state index contributed by atoms with van der Waals surface area (Å²) in [5.74, 6) is -6.65. The monoisotopic (exact) mass is 1280 g/mol. The average molecular weight is 1280 g/mol. The maximum Gasteiger partial charge on any atom is 0.200 e.